The van der Waals surface area contributed by atoms with Gasteiger partial charge < -0.3 is 14.7 Å². The fourth-order valence-electron chi connectivity index (χ4n) is 4.73. The van der Waals surface area contributed by atoms with Crippen molar-refractivity contribution in [1.82, 2.24) is 9.80 Å². The highest BCUT2D eigenvalue weighted by molar-refractivity contribution is 5.91. The lowest BCUT2D eigenvalue weighted by molar-refractivity contribution is -0.141. The molecule has 6 nitrogen and oxygen atoms in total. The van der Waals surface area contributed by atoms with Gasteiger partial charge in [0.15, 0.2) is 0 Å². The minimum Gasteiger partial charge on any atom is -0.496 e. The maximum atomic E-state index is 12.9. The van der Waals surface area contributed by atoms with E-state index in [9.17, 15) is 14.7 Å². The molecule has 1 aromatic carbocycles. The molecule has 0 unspecified atom stereocenters. The van der Waals surface area contributed by atoms with Crippen LogP contribution in [0, 0.1) is 11.8 Å². The zero-order valence-electron chi connectivity index (χ0n) is 15.9. The Balaban J connectivity index is 1.48. The zero-order valence-corrected chi connectivity index (χ0v) is 15.9. The normalized spacial score (nSPS) is 26.0. The van der Waals surface area contributed by atoms with E-state index in [0.717, 1.165) is 38.0 Å². The van der Waals surface area contributed by atoms with Crippen LogP contribution in [-0.2, 0) is 11.3 Å². The van der Waals surface area contributed by atoms with E-state index < -0.39 is 5.97 Å². The average molecular weight is 372 g/mol. The van der Waals surface area contributed by atoms with Crippen LogP contribution in [0.4, 0.5) is 0 Å². The van der Waals surface area contributed by atoms with E-state index in [1.54, 1.807) is 12.1 Å². The molecule has 2 bridgehead atoms. The number of fused-ring (bicyclic) bond motifs is 4. The number of hydrogen-bond acceptors (Lipinski definition) is 4. The van der Waals surface area contributed by atoms with Gasteiger partial charge in [-0.3, -0.25) is 9.69 Å². The number of carbonyl (C=O) groups excluding carboxylic acids is 1. The van der Waals surface area contributed by atoms with E-state index in [2.05, 4.69) is 9.80 Å². The molecular weight excluding hydrogens is 344 g/mol. The summed E-state index contributed by atoms with van der Waals surface area (Å²) >= 11 is 0. The molecule has 5 rings (SSSR count). The van der Waals surface area contributed by atoms with Gasteiger partial charge >= 0.3 is 5.97 Å². The van der Waals surface area contributed by atoms with E-state index in [4.69, 9.17) is 4.74 Å². The van der Waals surface area contributed by atoms with Crippen LogP contribution >= 0.6 is 0 Å². The Morgan fingerprint density at radius 2 is 2.04 bits per heavy atom. The van der Waals surface area contributed by atoms with Crippen molar-refractivity contribution in [2.24, 2.45) is 11.8 Å². The summed E-state index contributed by atoms with van der Waals surface area (Å²) in [6.45, 7) is 3.25. The number of carboxylic acid groups (broad SMARTS) is 1. The van der Waals surface area contributed by atoms with Crippen molar-refractivity contribution in [2.75, 3.05) is 26.7 Å². The lowest BCUT2D eigenvalue weighted by atomic mass is 9.83. The summed E-state index contributed by atoms with van der Waals surface area (Å²) in [4.78, 5) is 28.9. The van der Waals surface area contributed by atoms with Crippen LogP contribution in [0.5, 0.6) is 5.75 Å². The molecule has 1 aliphatic carbocycles. The molecule has 27 heavy (non-hydrogen) atoms. The van der Waals surface area contributed by atoms with Crippen molar-refractivity contribution in [3.63, 3.8) is 0 Å². The molecule has 1 aromatic rings. The number of aromatic carboxylic acids is 1. The predicted octanol–water partition coefficient (Wildman–Crippen LogP) is 2.62. The minimum absolute atomic E-state index is 0.0843. The van der Waals surface area contributed by atoms with Crippen LogP contribution in [0.1, 0.15) is 48.0 Å². The summed E-state index contributed by atoms with van der Waals surface area (Å²) in [6.07, 6.45) is 5.88. The topological polar surface area (TPSA) is 70.1 Å². The van der Waals surface area contributed by atoms with Gasteiger partial charge in [0, 0.05) is 32.2 Å². The molecular formula is C21H28N2O4. The first-order valence-corrected chi connectivity index (χ1v) is 9.98. The lowest BCUT2D eigenvalue weighted by Gasteiger charge is -2.40. The Morgan fingerprint density at radius 3 is 2.70 bits per heavy atom. The van der Waals surface area contributed by atoms with Crippen molar-refractivity contribution in [2.45, 2.75) is 44.7 Å². The maximum absolute atomic E-state index is 12.9. The van der Waals surface area contributed by atoms with Crippen molar-refractivity contribution in [3.8, 4) is 5.75 Å². The van der Waals surface area contributed by atoms with E-state index in [-0.39, 0.29) is 11.5 Å². The first kappa shape index (κ1) is 18.3. The Kier molecular flexibility index (Phi) is 5.08. The molecule has 146 valence electrons. The number of piperidine rings is 1. The number of amides is 1. The Labute approximate surface area is 160 Å². The second-order valence-corrected chi connectivity index (χ2v) is 8.25. The standard InChI is InChI=1S/C21H28N2O4/c1-27-19-8-5-15(9-18(19)21(25)26)10-22-12-16-6-7-17(13-22)23(20(16)24)11-14-3-2-4-14/h5,8-9,14,16-17H,2-4,6-7,10-13H2,1H3,(H,25,26)/t16-,17+/m0/s1. The van der Waals surface area contributed by atoms with Crippen LogP contribution in [0.2, 0.25) is 0 Å². The Bertz CT molecular complexity index is 731. The first-order valence-electron chi connectivity index (χ1n) is 9.98. The molecule has 0 spiro atoms. The van der Waals surface area contributed by atoms with Crippen molar-refractivity contribution >= 4 is 11.9 Å². The SMILES string of the molecule is COc1ccc(CN2C[C@@H]3CC[C@H](C2)N(CC2CCC2)C3=O)cc1C(=O)O. The quantitative estimate of drug-likeness (QED) is 0.831. The average Bonchev–Trinajstić information content (AvgIpc) is 2.88. The van der Waals surface area contributed by atoms with Crippen LogP contribution in [0.3, 0.4) is 0 Å². The number of carboxylic acids is 1. The highest BCUT2D eigenvalue weighted by Crippen LogP contribution is 2.34. The molecule has 2 atom stereocenters. The summed E-state index contributed by atoms with van der Waals surface area (Å²) in [6, 6.07) is 5.64. The molecule has 3 aliphatic heterocycles. The van der Waals surface area contributed by atoms with Gasteiger partial charge in [-0.25, -0.2) is 4.79 Å². The van der Waals surface area contributed by atoms with E-state index in [1.165, 1.54) is 26.4 Å². The second-order valence-electron chi connectivity index (χ2n) is 8.25. The van der Waals surface area contributed by atoms with Gasteiger partial charge in [-0.1, -0.05) is 12.5 Å². The van der Waals surface area contributed by atoms with Gasteiger partial charge in [0.1, 0.15) is 11.3 Å². The third kappa shape index (κ3) is 3.68. The second kappa shape index (κ2) is 7.50. The summed E-state index contributed by atoms with van der Waals surface area (Å²) in [5, 5.41) is 9.40. The highest BCUT2D eigenvalue weighted by atomic mass is 16.5. The van der Waals surface area contributed by atoms with Gasteiger partial charge in [-0.05, 0) is 49.3 Å². The third-order valence-corrected chi connectivity index (χ3v) is 6.45. The van der Waals surface area contributed by atoms with Crippen molar-refractivity contribution in [1.29, 1.82) is 0 Å². The smallest absolute Gasteiger partial charge is 0.339 e. The number of hydrogen-bond donors (Lipinski definition) is 1. The van der Waals surface area contributed by atoms with Crippen LogP contribution in [0.25, 0.3) is 0 Å². The fraction of sp³-hybridized carbons (Fsp3) is 0.619. The van der Waals surface area contributed by atoms with Crippen LogP contribution in [0.15, 0.2) is 18.2 Å². The number of rotatable bonds is 6. The Morgan fingerprint density at radius 1 is 1.22 bits per heavy atom. The number of carbonyl (C=O) groups is 2. The molecule has 4 aliphatic rings. The van der Waals surface area contributed by atoms with Crippen LogP contribution < -0.4 is 4.74 Å². The summed E-state index contributed by atoms with van der Waals surface area (Å²) in [7, 11) is 1.48. The third-order valence-electron chi connectivity index (χ3n) is 6.45. The first-order chi connectivity index (χ1) is 13.0. The Hall–Kier alpha value is -2.08. The summed E-state index contributed by atoms with van der Waals surface area (Å²) in [5.74, 6) is 0.514. The van der Waals surface area contributed by atoms with Crippen molar-refractivity contribution in [3.05, 3.63) is 29.3 Å². The number of ether oxygens (including phenoxy) is 1. The van der Waals surface area contributed by atoms with Gasteiger partial charge in [0.25, 0.3) is 0 Å². The van der Waals surface area contributed by atoms with E-state index in [0.29, 0.717) is 30.2 Å². The highest BCUT2D eigenvalue weighted by Gasteiger charge is 2.41. The summed E-state index contributed by atoms with van der Waals surface area (Å²) < 4.78 is 5.15. The number of benzene rings is 1. The number of nitrogens with zero attached hydrogens (tertiary/aromatic N) is 2. The molecule has 1 amide bonds. The van der Waals surface area contributed by atoms with Crippen molar-refractivity contribution < 1.29 is 19.4 Å². The molecule has 3 heterocycles. The molecule has 1 saturated carbocycles. The largest absolute Gasteiger partial charge is 0.496 e. The van der Waals surface area contributed by atoms with Gasteiger partial charge in [-0.15, -0.1) is 0 Å². The minimum atomic E-state index is -0.980. The zero-order chi connectivity index (χ0) is 19.0. The molecule has 6 heteroatoms. The number of methoxy groups -OCH3 is 1. The monoisotopic (exact) mass is 372 g/mol. The fourth-order valence-corrected chi connectivity index (χ4v) is 4.73. The molecule has 3 saturated heterocycles. The molecule has 4 fully saturated rings. The lowest BCUT2D eigenvalue weighted by Crippen LogP contribution is -2.50. The maximum Gasteiger partial charge on any atom is 0.339 e. The molecule has 0 aromatic heterocycles. The molecule has 1 N–H and O–H groups in total. The summed E-state index contributed by atoms with van der Waals surface area (Å²) in [5.41, 5.74) is 1.14. The molecule has 0 radical (unpaired) electrons. The van der Waals surface area contributed by atoms with Gasteiger partial charge in [0.2, 0.25) is 5.91 Å². The predicted molar refractivity (Wildman–Crippen MR) is 101 cm³/mol. The van der Waals surface area contributed by atoms with E-state index >= 15 is 0 Å². The van der Waals surface area contributed by atoms with Gasteiger partial charge in [0.05, 0.1) is 13.0 Å². The van der Waals surface area contributed by atoms with Gasteiger partial charge in [-0.2, -0.15) is 0 Å². The van der Waals surface area contributed by atoms with Crippen LogP contribution in [-0.4, -0.2) is 59.6 Å². The van der Waals surface area contributed by atoms with E-state index in [1.807, 2.05) is 6.07 Å².